The van der Waals surface area contributed by atoms with E-state index in [1.807, 2.05) is 32.9 Å². The Hall–Kier alpha value is -2.33. The van der Waals surface area contributed by atoms with Gasteiger partial charge in [0.1, 0.15) is 0 Å². The summed E-state index contributed by atoms with van der Waals surface area (Å²) in [5.41, 5.74) is 4.18. The molecular formula is C18H18ClNO3. The molecule has 0 radical (unpaired) electrons. The highest BCUT2D eigenvalue weighted by Gasteiger charge is 2.12. The van der Waals surface area contributed by atoms with E-state index in [9.17, 15) is 9.59 Å². The van der Waals surface area contributed by atoms with Crippen LogP contribution in [0.25, 0.3) is 0 Å². The van der Waals surface area contributed by atoms with E-state index in [0.717, 1.165) is 22.4 Å². The molecule has 0 saturated carbocycles. The molecule has 0 aromatic heterocycles. The molecule has 2 aromatic rings. The summed E-state index contributed by atoms with van der Waals surface area (Å²) < 4.78 is 5.01. The van der Waals surface area contributed by atoms with Crippen molar-refractivity contribution in [2.75, 3.05) is 11.9 Å². The van der Waals surface area contributed by atoms with E-state index in [1.54, 1.807) is 24.3 Å². The maximum absolute atomic E-state index is 12.0. The van der Waals surface area contributed by atoms with Crippen LogP contribution in [0.4, 0.5) is 5.69 Å². The lowest BCUT2D eigenvalue weighted by molar-refractivity contribution is -0.119. The maximum Gasteiger partial charge on any atom is 0.338 e. The first-order valence-electron chi connectivity index (χ1n) is 7.17. The minimum absolute atomic E-state index is 0.339. The number of aryl methyl sites for hydroxylation is 3. The Labute approximate surface area is 140 Å². The zero-order valence-corrected chi connectivity index (χ0v) is 14.0. The third kappa shape index (κ3) is 4.57. The SMILES string of the molecule is Cc1cc(C)c(NC(=O)COC(=O)c2ccc(Cl)cc2)c(C)c1. The molecule has 23 heavy (non-hydrogen) atoms. The molecule has 0 aliphatic heterocycles. The predicted octanol–water partition coefficient (Wildman–Crippen LogP) is 4.06. The van der Waals surface area contributed by atoms with E-state index < -0.39 is 5.97 Å². The third-order valence-electron chi connectivity index (χ3n) is 3.36. The van der Waals surface area contributed by atoms with Crippen LogP contribution in [0, 0.1) is 20.8 Å². The van der Waals surface area contributed by atoms with Gasteiger partial charge in [-0.15, -0.1) is 0 Å². The topological polar surface area (TPSA) is 55.4 Å². The minimum atomic E-state index is -0.561. The van der Waals surface area contributed by atoms with Gasteiger partial charge in [-0.3, -0.25) is 4.79 Å². The number of ether oxygens (including phenoxy) is 1. The largest absolute Gasteiger partial charge is 0.452 e. The number of nitrogens with one attached hydrogen (secondary N) is 1. The Kier molecular flexibility index (Phi) is 5.40. The van der Waals surface area contributed by atoms with Crippen molar-refractivity contribution in [2.45, 2.75) is 20.8 Å². The molecule has 0 aliphatic rings. The van der Waals surface area contributed by atoms with Gasteiger partial charge in [-0.1, -0.05) is 29.3 Å². The molecule has 0 saturated heterocycles. The zero-order chi connectivity index (χ0) is 17.0. The van der Waals surface area contributed by atoms with Crippen molar-refractivity contribution in [1.29, 1.82) is 0 Å². The molecule has 1 N–H and O–H groups in total. The lowest BCUT2D eigenvalue weighted by Gasteiger charge is -2.13. The van der Waals surface area contributed by atoms with Gasteiger partial charge in [-0.05, 0) is 56.2 Å². The number of esters is 1. The van der Waals surface area contributed by atoms with Gasteiger partial charge in [0.05, 0.1) is 5.56 Å². The molecule has 2 rings (SSSR count). The smallest absolute Gasteiger partial charge is 0.338 e. The monoisotopic (exact) mass is 331 g/mol. The van der Waals surface area contributed by atoms with E-state index in [2.05, 4.69) is 5.32 Å². The Balaban J connectivity index is 1.95. The van der Waals surface area contributed by atoms with Gasteiger partial charge in [0.15, 0.2) is 6.61 Å². The standard InChI is InChI=1S/C18H18ClNO3/c1-11-8-12(2)17(13(3)9-11)20-16(21)10-23-18(22)14-4-6-15(19)7-5-14/h4-9H,10H2,1-3H3,(H,20,21). The quantitative estimate of drug-likeness (QED) is 0.859. The van der Waals surface area contributed by atoms with Crippen LogP contribution in [0.5, 0.6) is 0 Å². The van der Waals surface area contributed by atoms with E-state index in [1.165, 1.54) is 0 Å². The second-order valence-electron chi connectivity index (χ2n) is 5.40. The van der Waals surface area contributed by atoms with Gasteiger partial charge in [-0.2, -0.15) is 0 Å². The van der Waals surface area contributed by atoms with Gasteiger partial charge in [0.25, 0.3) is 5.91 Å². The van der Waals surface area contributed by atoms with Crippen LogP contribution >= 0.6 is 11.6 Å². The van der Waals surface area contributed by atoms with Crippen LogP contribution in [0.1, 0.15) is 27.0 Å². The molecule has 120 valence electrons. The molecular weight excluding hydrogens is 314 g/mol. The molecule has 0 unspecified atom stereocenters. The van der Waals surface area contributed by atoms with Crippen molar-refractivity contribution in [3.05, 3.63) is 63.7 Å². The van der Waals surface area contributed by atoms with Crippen LogP contribution in [0.15, 0.2) is 36.4 Å². The summed E-state index contributed by atoms with van der Waals surface area (Å²) in [5.74, 6) is -0.934. The van der Waals surface area contributed by atoms with Crippen LogP contribution in [0.3, 0.4) is 0 Å². The van der Waals surface area contributed by atoms with Crippen LogP contribution < -0.4 is 5.32 Å². The molecule has 0 atom stereocenters. The molecule has 1 amide bonds. The van der Waals surface area contributed by atoms with Gasteiger partial charge in [0.2, 0.25) is 0 Å². The number of rotatable bonds is 4. The number of halogens is 1. The zero-order valence-electron chi connectivity index (χ0n) is 13.3. The molecule has 0 fully saturated rings. The highest BCUT2D eigenvalue weighted by atomic mass is 35.5. The van der Waals surface area contributed by atoms with E-state index in [-0.39, 0.29) is 12.5 Å². The van der Waals surface area contributed by atoms with E-state index in [4.69, 9.17) is 16.3 Å². The molecule has 4 nitrogen and oxygen atoms in total. The molecule has 0 heterocycles. The molecule has 2 aromatic carbocycles. The molecule has 0 bridgehead atoms. The first-order chi connectivity index (χ1) is 10.9. The average Bonchev–Trinajstić information content (AvgIpc) is 2.49. The van der Waals surface area contributed by atoms with Crippen molar-refractivity contribution in [2.24, 2.45) is 0 Å². The lowest BCUT2D eigenvalue weighted by atomic mass is 10.1. The number of benzene rings is 2. The van der Waals surface area contributed by atoms with Crippen molar-refractivity contribution < 1.29 is 14.3 Å². The first-order valence-corrected chi connectivity index (χ1v) is 7.55. The van der Waals surface area contributed by atoms with Crippen LogP contribution in [-0.4, -0.2) is 18.5 Å². The number of hydrogen-bond donors (Lipinski definition) is 1. The Morgan fingerprint density at radius 3 is 2.17 bits per heavy atom. The van der Waals surface area contributed by atoms with E-state index >= 15 is 0 Å². The van der Waals surface area contributed by atoms with Gasteiger partial charge < -0.3 is 10.1 Å². The van der Waals surface area contributed by atoms with Crippen molar-refractivity contribution in [1.82, 2.24) is 0 Å². The maximum atomic E-state index is 12.0. The number of anilines is 1. The van der Waals surface area contributed by atoms with Crippen LogP contribution in [-0.2, 0) is 9.53 Å². The summed E-state index contributed by atoms with van der Waals surface area (Å²) in [7, 11) is 0. The number of hydrogen-bond acceptors (Lipinski definition) is 3. The number of carbonyl (C=O) groups is 2. The fourth-order valence-corrected chi connectivity index (χ4v) is 2.48. The lowest BCUT2D eigenvalue weighted by Crippen LogP contribution is -2.21. The molecule has 5 heteroatoms. The summed E-state index contributed by atoms with van der Waals surface area (Å²) >= 11 is 5.76. The van der Waals surface area contributed by atoms with Gasteiger partial charge in [-0.25, -0.2) is 4.79 Å². The van der Waals surface area contributed by atoms with Gasteiger partial charge in [0, 0.05) is 10.7 Å². The molecule has 0 spiro atoms. The fraction of sp³-hybridized carbons (Fsp3) is 0.222. The van der Waals surface area contributed by atoms with Crippen molar-refractivity contribution >= 4 is 29.2 Å². The van der Waals surface area contributed by atoms with Crippen LogP contribution in [0.2, 0.25) is 5.02 Å². The Morgan fingerprint density at radius 1 is 1.04 bits per heavy atom. The highest BCUT2D eigenvalue weighted by molar-refractivity contribution is 6.30. The van der Waals surface area contributed by atoms with Gasteiger partial charge >= 0.3 is 5.97 Å². The average molecular weight is 332 g/mol. The van der Waals surface area contributed by atoms with Crippen molar-refractivity contribution in [3.8, 4) is 0 Å². The minimum Gasteiger partial charge on any atom is -0.452 e. The highest BCUT2D eigenvalue weighted by Crippen LogP contribution is 2.21. The summed E-state index contributed by atoms with van der Waals surface area (Å²) in [6.07, 6.45) is 0. The summed E-state index contributed by atoms with van der Waals surface area (Å²) in [4.78, 5) is 23.8. The van der Waals surface area contributed by atoms with E-state index in [0.29, 0.717) is 10.6 Å². The molecule has 0 aliphatic carbocycles. The third-order valence-corrected chi connectivity index (χ3v) is 3.61. The Morgan fingerprint density at radius 2 is 1.61 bits per heavy atom. The number of carbonyl (C=O) groups excluding carboxylic acids is 2. The summed E-state index contributed by atoms with van der Waals surface area (Å²) in [6, 6.07) is 10.3. The first kappa shape index (κ1) is 17.0. The Bertz CT molecular complexity index is 715. The summed E-state index contributed by atoms with van der Waals surface area (Å²) in [5, 5.41) is 3.32. The predicted molar refractivity (Wildman–Crippen MR) is 91.0 cm³/mol. The van der Waals surface area contributed by atoms with Crippen molar-refractivity contribution in [3.63, 3.8) is 0 Å². The normalized spacial score (nSPS) is 10.3. The summed E-state index contributed by atoms with van der Waals surface area (Å²) in [6.45, 7) is 5.51. The second-order valence-corrected chi connectivity index (χ2v) is 5.84. The second kappa shape index (κ2) is 7.29. The number of amides is 1. The fourth-order valence-electron chi connectivity index (χ4n) is 2.35.